The Labute approximate surface area is 162 Å². The van der Waals surface area contributed by atoms with Gasteiger partial charge in [0.15, 0.2) is 0 Å². The number of likely N-dealkylation sites (N-methyl/N-ethyl adjacent to an activating group) is 2. The van der Waals surface area contributed by atoms with Crippen LogP contribution >= 0.6 is 11.6 Å². The third-order valence-electron chi connectivity index (χ3n) is 4.37. The molecule has 1 fully saturated rings. The molecule has 1 N–H and O–H groups in total. The Balaban J connectivity index is 1.92. The maximum Gasteiger partial charge on any atom is 0.413 e. The van der Waals surface area contributed by atoms with Gasteiger partial charge in [-0.3, -0.25) is 14.6 Å². The molecule has 2 aliphatic rings. The van der Waals surface area contributed by atoms with Crippen LogP contribution in [0.25, 0.3) is 0 Å². The number of rotatable bonds is 4. The maximum absolute atomic E-state index is 12.7. The fourth-order valence-electron chi connectivity index (χ4n) is 3.01. The minimum absolute atomic E-state index is 0.282. The number of carbonyl (C=O) groups excluding carboxylic acids is 2. The highest BCUT2D eigenvalue weighted by atomic mass is 35.5. The van der Waals surface area contributed by atoms with Crippen molar-refractivity contribution >= 4 is 41.5 Å². The van der Waals surface area contributed by atoms with Gasteiger partial charge in [0.05, 0.1) is 12.8 Å². The Hall–Kier alpha value is -2.74. The minimum atomic E-state index is -0.641. The number of imide groups is 1. The summed E-state index contributed by atoms with van der Waals surface area (Å²) in [6.45, 7) is 4.69. The van der Waals surface area contributed by atoms with E-state index < -0.39 is 12.1 Å². The lowest BCUT2D eigenvalue weighted by Crippen LogP contribution is -2.61. The molecular weight excluding hydrogens is 368 g/mol. The van der Waals surface area contributed by atoms with Gasteiger partial charge in [0.2, 0.25) is 11.9 Å². The number of hydrazone groups is 1. The normalized spacial score (nSPS) is 20.1. The van der Waals surface area contributed by atoms with Crippen molar-refractivity contribution in [2.45, 2.75) is 19.9 Å². The van der Waals surface area contributed by atoms with Crippen molar-refractivity contribution in [1.82, 2.24) is 15.2 Å². The third-order valence-corrected chi connectivity index (χ3v) is 4.71. The molecule has 1 atom stereocenters. The highest BCUT2D eigenvalue weighted by Gasteiger charge is 2.51. The predicted molar refractivity (Wildman–Crippen MR) is 104 cm³/mol. The second-order valence-electron chi connectivity index (χ2n) is 6.87. The van der Waals surface area contributed by atoms with Gasteiger partial charge in [-0.1, -0.05) is 48.6 Å². The van der Waals surface area contributed by atoms with Gasteiger partial charge in [-0.15, -0.1) is 5.10 Å². The molecule has 1 unspecified atom stereocenters. The SMILES string of the molecule is CC(C)C[N+]1=C(N/N=C/c2ccccc2Cl)N=C2C1C(=O)N(C)C(=O)N2C. The van der Waals surface area contributed by atoms with Crippen molar-refractivity contribution < 1.29 is 14.2 Å². The fraction of sp³-hybridized carbons (Fsp3) is 0.389. The monoisotopic (exact) mass is 389 g/mol. The minimum Gasteiger partial charge on any atom is -0.270 e. The van der Waals surface area contributed by atoms with E-state index in [-0.39, 0.29) is 11.8 Å². The van der Waals surface area contributed by atoms with E-state index in [0.29, 0.717) is 23.4 Å². The van der Waals surface area contributed by atoms with E-state index in [4.69, 9.17) is 11.6 Å². The molecule has 0 aromatic heterocycles. The number of amidine groups is 1. The number of benzene rings is 1. The number of hydrogen-bond donors (Lipinski definition) is 1. The lowest BCUT2D eigenvalue weighted by molar-refractivity contribution is -0.543. The Morgan fingerprint density at radius 2 is 2.00 bits per heavy atom. The number of carbonyl (C=O) groups is 2. The first kappa shape index (κ1) is 19.0. The van der Waals surface area contributed by atoms with Crippen LogP contribution in [0, 0.1) is 5.92 Å². The Morgan fingerprint density at radius 1 is 1.30 bits per heavy atom. The van der Waals surface area contributed by atoms with E-state index in [0.717, 1.165) is 10.5 Å². The van der Waals surface area contributed by atoms with Gasteiger partial charge in [-0.25, -0.2) is 9.37 Å². The van der Waals surface area contributed by atoms with Crippen LogP contribution in [0.3, 0.4) is 0 Å². The van der Waals surface area contributed by atoms with Gasteiger partial charge < -0.3 is 0 Å². The summed E-state index contributed by atoms with van der Waals surface area (Å²) < 4.78 is 1.84. The second kappa shape index (κ2) is 7.48. The van der Waals surface area contributed by atoms with Crippen LogP contribution < -0.4 is 5.43 Å². The molecule has 3 amide bonds. The second-order valence-corrected chi connectivity index (χ2v) is 7.28. The number of aliphatic imine (C=N–C) groups is 1. The molecule has 0 saturated carbocycles. The molecule has 8 nitrogen and oxygen atoms in total. The number of halogens is 1. The van der Waals surface area contributed by atoms with Crippen LogP contribution in [0.4, 0.5) is 4.79 Å². The summed E-state index contributed by atoms with van der Waals surface area (Å²) in [5, 5.41) is 4.80. The number of hydrogen-bond acceptors (Lipinski definition) is 5. The van der Waals surface area contributed by atoms with Crippen LogP contribution in [-0.4, -0.2) is 71.0 Å². The van der Waals surface area contributed by atoms with Crippen molar-refractivity contribution in [2.24, 2.45) is 16.0 Å². The first-order chi connectivity index (χ1) is 12.8. The van der Waals surface area contributed by atoms with Gasteiger partial charge in [0.1, 0.15) is 0 Å². The topological polar surface area (TPSA) is 80.4 Å². The van der Waals surface area contributed by atoms with E-state index in [1.807, 2.05) is 22.8 Å². The van der Waals surface area contributed by atoms with Crippen LogP contribution in [-0.2, 0) is 4.79 Å². The molecule has 0 bridgehead atoms. The van der Waals surface area contributed by atoms with Gasteiger partial charge in [-0.2, -0.15) is 5.43 Å². The molecule has 0 radical (unpaired) electrons. The Kier molecular flexibility index (Phi) is 5.27. The smallest absolute Gasteiger partial charge is 0.270 e. The molecular formula is C18H22ClN6O2+. The molecule has 3 rings (SSSR count). The average molecular weight is 390 g/mol. The number of fused-ring (bicyclic) bond motifs is 1. The van der Waals surface area contributed by atoms with E-state index in [9.17, 15) is 9.59 Å². The molecule has 0 spiro atoms. The highest BCUT2D eigenvalue weighted by Crippen LogP contribution is 2.19. The highest BCUT2D eigenvalue weighted by molar-refractivity contribution is 6.33. The standard InChI is InChI=1S/C18H21ClN6O2/c1-11(2)10-25-14-15(23(3)18(27)24(4)16(14)26)21-17(25)22-20-9-12-7-5-6-8-13(12)19/h5-9,11,14H,10H2,1-4H3/p+1/b20-9+. The predicted octanol–water partition coefficient (Wildman–Crippen LogP) is 1.59. The third kappa shape index (κ3) is 3.57. The molecule has 2 heterocycles. The first-order valence-corrected chi connectivity index (χ1v) is 9.00. The number of amides is 3. The number of nitrogens with one attached hydrogen (secondary N) is 1. The number of nitrogens with zero attached hydrogens (tertiary/aromatic N) is 5. The lowest BCUT2D eigenvalue weighted by Gasteiger charge is -2.32. The molecule has 1 aromatic carbocycles. The molecule has 1 aromatic rings. The zero-order valence-electron chi connectivity index (χ0n) is 15.7. The van der Waals surface area contributed by atoms with E-state index in [2.05, 4.69) is 29.4 Å². The van der Waals surface area contributed by atoms with Gasteiger partial charge >= 0.3 is 12.0 Å². The number of guanidine groups is 1. The average Bonchev–Trinajstić information content (AvgIpc) is 2.97. The summed E-state index contributed by atoms with van der Waals surface area (Å²) in [6, 6.07) is 6.29. The van der Waals surface area contributed by atoms with E-state index in [1.165, 1.54) is 11.9 Å². The Morgan fingerprint density at radius 3 is 2.67 bits per heavy atom. The van der Waals surface area contributed by atoms with Crippen molar-refractivity contribution in [3.05, 3.63) is 34.9 Å². The van der Waals surface area contributed by atoms with Crippen LogP contribution in [0.1, 0.15) is 19.4 Å². The summed E-state index contributed by atoms with van der Waals surface area (Å²) in [5.74, 6) is 0.809. The maximum atomic E-state index is 12.7. The van der Waals surface area contributed by atoms with Crippen LogP contribution in [0.15, 0.2) is 34.4 Å². The van der Waals surface area contributed by atoms with E-state index >= 15 is 0 Å². The summed E-state index contributed by atoms with van der Waals surface area (Å²) >= 11 is 6.13. The van der Waals surface area contributed by atoms with Crippen LogP contribution in [0.5, 0.6) is 0 Å². The largest absolute Gasteiger partial charge is 0.413 e. The molecule has 142 valence electrons. The number of urea groups is 1. The van der Waals surface area contributed by atoms with Crippen LogP contribution in [0.2, 0.25) is 5.02 Å². The Bertz CT molecular complexity index is 876. The van der Waals surface area contributed by atoms with E-state index in [1.54, 1.807) is 19.3 Å². The van der Waals surface area contributed by atoms with Crippen molar-refractivity contribution in [1.29, 1.82) is 0 Å². The zero-order valence-corrected chi connectivity index (χ0v) is 16.4. The van der Waals surface area contributed by atoms with Gasteiger partial charge in [0, 0.05) is 24.7 Å². The quantitative estimate of drug-likeness (QED) is 0.482. The van der Waals surface area contributed by atoms with Crippen molar-refractivity contribution in [2.75, 3.05) is 20.6 Å². The lowest BCUT2D eigenvalue weighted by atomic mass is 10.1. The van der Waals surface area contributed by atoms with Crippen molar-refractivity contribution in [3.8, 4) is 0 Å². The first-order valence-electron chi connectivity index (χ1n) is 8.62. The molecule has 0 aliphatic carbocycles. The zero-order chi connectivity index (χ0) is 19.7. The fourth-order valence-corrected chi connectivity index (χ4v) is 3.20. The molecule has 1 saturated heterocycles. The molecule has 2 aliphatic heterocycles. The summed E-state index contributed by atoms with van der Waals surface area (Å²) in [5.41, 5.74) is 3.66. The molecule has 9 heteroatoms. The summed E-state index contributed by atoms with van der Waals surface area (Å²) in [6.07, 6.45) is 1.59. The van der Waals surface area contributed by atoms with Crippen molar-refractivity contribution in [3.63, 3.8) is 0 Å². The summed E-state index contributed by atoms with van der Waals surface area (Å²) in [7, 11) is 3.09. The summed E-state index contributed by atoms with van der Waals surface area (Å²) in [4.78, 5) is 31.9. The molecule has 27 heavy (non-hydrogen) atoms. The van der Waals surface area contributed by atoms with Gasteiger partial charge in [0.25, 0.3) is 5.91 Å². The van der Waals surface area contributed by atoms with Gasteiger partial charge in [-0.05, 0) is 12.0 Å².